The summed E-state index contributed by atoms with van der Waals surface area (Å²) in [4.78, 5) is 41.5. The molecule has 3 N–H and O–H groups in total. The summed E-state index contributed by atoms with van der Waals surface area (Å²) >= 11 is 0. The molecule has 36 heavy (non-hydrogen) atoms. The predicted octanol–water partition coefficient (Wildman–Crippen LogP) is 3.84. The number of aromatic nitrogens is 2. The van der Waals surface area contributed by atoms with Gasteiger partial charge in [-0.15, -0.1) is 0 Å². The van der Waals surface area contributed by atoms with Crippen molar-refractivity contribution in [3.63, 3.8) is 0 Å². The predicted molar refractivity (Wildman–Crippen MR) is 135 cm³/mol. The van der Waals surface area contributed by atoms with Gasteiger partial charge in [-0.05, 0) is 24.6 Å². The Morgan fingerprint density at radius 1 is 1.06 bits per heavy atom. The Labute approximate surface area is 207 Å². The number of carbonyl (C=O) groups is 3. The molecule has 0 aliphatic heterocycles. The molecular formula is C27H26N4O5. The highest BCUT2D eigenvalue weighted by molar-refractivity contribution is 6.01. The van der Waals surface area contributed by atoms with Crippen LogP contribution in [0.5, 0.6) is 0 Å². The van der Waals surface area contributed by atoms with Crippen LogP contribution in [0.1, 0.15) is 33.9 Å². The minimum atomic E-state index is -1.03. The van der Waals surface area contributed by atoms with Crippen molar-refractivity contribution in [3.05, 3.63) is 89.6 Å². The number of fused-ring (bicyclic) bond motifs is 1. The van der Waals surface area contributed by atoms with Crippen molar-refractivity contribution in [2.75, 3.05) is 19.0 Å². The second kappa shape index (κ2) is 10.7. The van der Waals surface area contributed by atoms with E-state index in [1.54, 1.807) is 28.8 Å². The maximum Gasteiger partial charge on any atom is 0.325 e. The lowest BCUT2D eigenvalue weighted by Crippen LogP contribution is -2.30. The monoisotopic (exact) mass is 486 g/mol. The summed E-state index contributed by atoms with van der Waals surface area (Å²) in [5.41, 5.74) is 3.64. The molecule has 0 radical (unpaired) electrons. The molecule has 4 aromatic rings. The first-order valence-corrected chi connectivity index (χ1v) is 11.3. The Morgan fingerprint density at radius 3 is 2.53 bits per heavy atom. The molecule has 0 fully saturated rings. The molecular weight excluding hydrogens is 460 g/mol. The fourth-order valence-electron chi connectivity index (χ4n) is 3.99. The standard InChI is InChI=1S/C27H26N4O5/c1-17-8-6-11-19(14-17)21(15-22(32)33)29-27(35)20-12-7-13-31-25(20)30-24(18-9-4-3-5-10-18)26(31)28-16-23(34)36-2/h3-14,21,28H,15-16H2,1-2H3,(H,29,35)(H,32,33). The summed E-state index contributed by atoms with van der Waals surface area (Å²) in [6, 6.07) is 19.4. The number of esters is 1. The first-order valence-electron chi connectivity index (χ1n) is 11.3. The van der Waals surface area contributed by atoms with Gasteiger partial charge < -0.3 is 20.5 Å². The minimum Gasteiger partial charge on any atom is -0.481 e. The number of nitrogens with one attached hydrogen (secondary N) is 2. The Kier molecular flexibility index (Phi) is 7.29. The lowest BCUT2D eigenvalue weighted by atomic mass is 10.0. The number of methoxy groups -OCH3 is 1. The SMILES string of the molecule is COC(=O)CNc1c(-c2ccccc2)nc2c(C(=O)NC(CC(=O)O)c3cccc(C)c3)cccn12. The summed E-state index contributed by atoms with van der Waals surface area (Å²) in [6.07, 6.45) is 1.47. The van der Waals surface area contributed by atoms with E-state index >= 15 is 0 Å². The molecule has 1 unspecified atom stereocenters. The van der Waals surface area contributed by atoms with Crippen LogP contribution in [0.25, 0.3) is 16.9 Å². The van der Waals surface area contributed by atoms with Gasteiger partial charge in [-0.2, -0.15) is 0 Å². The lowest BCUT2D eigenvalue weighted by molar-refractivity contribution is -0.139. The maximum absolute atomic E-state index is 13.4. The number of aryl methyl sites for hydroxylation is 1. The van der Waals surface area contributed by atoms with Crippen molar-refractivity contribution in [1.82, 2.24) is 14.7 Å². The Morgan fingerprint density at radius 2 is 1.83 bits per heavy atom. The lowest BCUT2D eigenvalue weighted by Gasteiger charge is -2.18. The highest BCUT2D eigenvalue weighted by Crippen LogP contribution is 2.30. The van der Waals surface area contributed by atoms with Crippen molar-refractivity contribution >= 4 is 29.3 Å². The summed E-state index contributed by atoms with van der Waals surface area (Å²) in [5.74, 6) is -1.41. The zero-order chi connectivity index (χ0) is 25.7. The molecule has 1 amide bonds. The van der Waals surface area contributed by atoms with Crippen molar-refractivity contribution in [2.24, 2.45) is 0 Å². The van der Waals surface area contributed by atoms with Crippen LogP contribution in [0, 0.1) is 6.92 Å². The van der Waals surface area contributed by atoms with Crippen LogP contribution >= 0.6 is 0 Å². The van der Waals surface area contributed by atoms with E-state index in [2.05, 4.69) is 10.6 Å². The minimum absolute atomic E-state index is 0.0887. The van der Waals surface area contributed by atoms with E-state index in [0.717, 1.165) is 11.1 Å². The van der Waals surface area contributed by atoms with Crippen LogP contribution in [0.2, 0.25) is 0 Å². The Balaban J connectivity index is 1.75. The second-order valence-electron chi connectivity index (χ2n) is 8.26. The van der Waals surface area contributed by atoms with Crippen LogP contribution in [0.4, 0.5) is 5.82 Å². The summed E-state index contributed by atoms with van der Waals surface area (Å²) in [5, 5.41) is 15.4. The third-order valence-electron chi connectivity index (χ3n) is 5.70. The number of benzene rings is 2. The van der Waals surface area contributed by atoms with E-state index in [4.69, 9.17) is 9.72 Å². The number of hydrogen-bond acceptors (Lipinski definition) is 6. The number of rotatable bonds is 9. The highest BCUT2D eigenvalue weighted by Gasteiger charge is 2.23. The van der Waals surface area contributed by atoms with Gasteiger partial charge in [0.2, 0.25) is 0 Å². The highest BCUT2D eigenvalue weighted by atomic mass is 16.5. The summed E-state index contributed by atoms with van der Waals surface area (Å²) in [6.45, 7) is 1.82. The van der Waals surface area contributed by atoms with Crippen LogP contribution in [0.3, 0.4) is 0 Å². The van der Waals surface area contributed by atoms with Crippen molar-refractivity contribution in [1.29, 1.82) is 0 Å². The maximum atomic E-state index is 13.4. The molecule has 0 spiro atoms. The van der Waals surface area contributed by atoms with Gasteiger partial charge in [0.1, 0.15) is 18.1 Å². The van der Waals surface area contributed by atoms with Crippen LogP contribution in [-0.4, -0.2) is 46.0 Å². The normalized spacial score (nSPS) is 11.6. The van der Waals surface area contributed by atoms with Crippen molar-refractivity contribution < 1.29 is 24.2 Å². The number of hydrogen-bond donors (Lipinski definition) is 3. The molecule has 0 saturated carbocycles. The van der Waals surface area contributed by atoms with Crippen molar-refractivity contribution in [2.45, 2.75) is 19.4 Å². The molecule has 1 atom stereocenters. The number of amides is 1. The van der Waals surface area contributed by atoms with Gasteiger partial charge in [0, 0.05) is 11.8 Å². The van der Waals surface area contributed by atoms with E-state index in [1.165, 1.54) is 7.11 Å². The van der Waals surface area contributed by atoms with Gasteiger partial charge in [-0.25, -0.2) is 4.98 Å². The molecule has 9 heteroatoms. The Hall–Kier alpha value is -4.66. The molecule has 0 aliphatic carbocycles. The third-order valence-corrected chi connectivity index (χ3v) is 5.70. The zero-order valence-electron chi connectivity index (χ0n) is 19.9. The number of carbonyl (C=O) groups excluding carboxylic acids is 2. The molecule has 4 rings (SSSR count). The number of aliphatic carboxylic acids is 1. The zero-order valence-corrected chi connectivity index (χ0v) is 19.9. The first-order chi connectivity index (χ1) is 17.4. The molecule has 0 saturated heterocycles. The average molecular weight is 487 g/mol. The van der Waals surface area contributed by atoms with Gasteiger partial charge in [-0.1, -0.05) is 60.2 Å². The first kappa shape index (κ1) is 24.5. The number of nitrogens with zero attached hydrogens (tertiary/aromatic N) is 2. The number of pyridine rings is 1. The van der Waals surface area contributed by atoms with Crippen molar-refractivity contribution in [3.8, 4) is 11.3 Å². The molecule has 184 valence electrons. The van der Waals surface area contributed by atoms with E-state index in [1.807, 2.05) is 55.5 Å². The fourth-order valence-corrected chi connectivity index (χ4v) is 3.99. The molecule has 0 bridgehead atoms. The van der Waals surface area contributed by atoms with E-state index in [0.29, 0.717) is 22.7 Å². The van der Waals surface area contributed by atoms with Gasteiger partial charge in [0.05, 0.1) is 25.1 Å². The molecule has 0 aliphatic rings. The number of anilines is 1. The van der Waals surface area contributed by atoms with E-state index in [-0.39, 0.29) is 18.5 Å². The number of carboxylic acids is 1. The van der Waals surface area contributed by atoms with Gasteiger partial charge in [0.15, 0.2) is 5.65 Å². The number of ether oxygens (including phenoxy) is 1. The molecule has 9 nitrogen and oxygen atoms in total. The number of carboxylic acid groups (broad SMARTS) is 1. The van der Waals surface area contributed by atoms with Crippen LogP contribution in [0.15, 0.2) is 72.9 Å². The van der Waals surface area contributed by atoms with Gasteiger partial charge in [0.25, 0.3) is 5.91 Å². The summed E-state index contributed by atoms with van der Waals surface area (Å²) < 4.78 is 6.44. The molecule has 2 heterocycles. The smallest absolute Gasteiger partial charge is 0.325 e. The van der Waals surface area contributed by atoms with E-state index < -0.39 is 23.9 Å². The molecule has 2 aromatic heterocycles. The fraction of sp³-hybridized carbons (Fsp3) is 0.185. The van der Waals surface area contributed by atoms with E-state index in [9.17, 15) is 19.5 Å². The van der Waals surface area contributed by atoms with Gasteiger partial charge >= 0.3 is 11.9 Å². The van der Waals surface area contributed by atoms with Gasteiger partial charge in [-0.3, -0.25) is 18.8 Å². The quantitative estimate of drug-likeness (QED) is 0.307. The largest absolute Gasteiger partial charge is 0.481 e. The third kappa shape index (κ3) is 5.35. The average Bonchev–Trinajstić information content (AvgIpc) is 3.25. The second-order valence-corrected chi connectivity index (χ2v) is 8.26. The van der Waals surface area contributed by atoms with Crippen LogP contribution < -0.4 is 10.6 Å². The molecule has 2 aromatic carbocycles. The number of imidazole rings is 1. The summed E-state index contributed by atoms with van der Waals surface area (Å²) in [7, 11) is 1.31. The van der Waals surface area contributed by atoms with Crippen LogP contribution in [-0.2, 0) is 14.3 Å². The Bertz CT molecular complexity index is 1410. The topological polar surface area (TPSA) is 122 Å².